The Hall–Kier alpha value is -2.05. The Morgan fingerprint density at radius 3 is 2.78 bits per heavy atom. The largest absolute Gasteiger partial charge is 0.379 e. The maximum absolute atomic E-state index is 13.5. The summed E-state index contributed by atoms with van der Waals surface area (Å²) in [6, 6.07) is 13.6. The fraction of sp³-hybridized carbons (Fsp3) is 0.0714. The topological polar surface area (TPSA) is 35.8 Å². The first-order valence-corrected chi connectivity index (χ1v) is 5.75. The van der Waals surface area contributed by atoms with Gasteiger partial charge in [0.15, 0.2) is 0 Å². The highest BCUT2D eigenvalue weighted by Crippen LogP contribution is 2.20. The molecular weight excluding hydrogens is 251 g/mol. The monoisotopic (exact) mass is 260 g/mol. The average molecular weight is 261 g/mol. The first-order valence-electron chi connectivity index (χ1n) is 5.37. The van der Waals surface area contributed by atoms with E-state index < -0.39 is 0 Å². The number of nitrogens with zero attached hydrogens (tertiary/aromatic N) is 1. The molecule has 0 saturated heterocycles. The van der Waals surface area contributed by atoms with Crippen LogP contribution in [0.15, 0.2) is 42.5 Å². The zero-order valence-corrected chi connectivity index (χ0v) is 10.2. The van der Waals surface area contributed by atoms with Crippen LogP contribution in [0.5, 0.6) is 0 Å². The Labute approximate surface area is 110 Å². The van der Waals surface area contributed by atoms with E-state index in [-0.39, 0.29) is 5.82 Å². The molecule has 2 aromatic carbocycles. The third kappa shape index (κ3) is 2.79. The highest BCUT2D eigenvalue weighted by Gasteiger charge is 2.04. The molecule has 2 nitrogen and oxygen atoms in total. The first-order chi connectivity index (χ1) is 8.70. The van der Waals surface area contributed by atoms with Crippen molar-refractivity contribution in [1.29, 1.82) is 5.26 Å². The summed E-state index contributed by atoms with van der Waals surface area (Å²) in [4.78, 5) is 0. The minimum absolute atomic E-state index is 0.329. The van der Waals surface area contributed by atoms with E-state index in [1.165, 1.54) is 18.2 Å². The summed E-state index contributed by atoms with van der Waals surface area (Å²) in [5.74, 6) is -0.367. The standard InChI is InChI=1S/C14H10ClFN2/c15-12-5-6-13(16)14(7-12)18-9-11-4-2-1-3-10(11)8-17/h1-7,18H,9H2. The van der Waals surface area contributed by atoms with Crippen molar-refractivity contribution >= 4 is 17.3 Å². The van der Waals surface area contributed by atoms with Crippen molar-refractivity contribution in [3.63, 3.8) is 0 Å². The van der Waals surface area contributed by atoms with Gasteiger partial charge in [-0.2, -0.15) is 5.26 Å². The molecule has 0 atom stereocenters. The Balaban J connectivity index is 2.17. The van der Waals surface area contributed by atoms with E-state index in [4.69, 9.17) is 16.9 Å². The number of anilines is 1. The molecule has 0 spiro atoms. The van der Waals surface area contributed by atoms with Crippen LogP contribution in [0.25, 0.3) is 0 Å². The quantitative estimate of drug-likeness (QED) is 0.907. The summed E-state index contributed by atoms with van der Waals surface area (Å²) in [7, 11) is 0. The fourth-order valence-corrected chi connectivity index (χ4v) is 1.78. The summed E-state index contributed by atoms with van der Waals surface area (Å²) < 4.78 is 13.5. The Morgan fingerprint density at radius 2 is 2.00 bits per heavy atom. The SMILES string of the molecule is N#Cc1ccccc1CNc1cc(Cl)ccc1F. The van der Waals surface area contributed by atoms with Gasteiger partial charge in [0.25, 0.3) is 0 Å². The van der Waals surface area contributed by atoms with Crippen molar-refractivity contribution in [3.05, 3.63) is 64.4 Å². The maximum Gasteiger partial charge on any atom is 0.146 e. The molecule has 0 bridgehead atoms. The molecule has 0 fully saturated rings. The lowest BCUT2D eigenvalue weighted by Crippen LogP contribution is -2.03. The van der Waals surface area contributed by atoms with E-state index in [0.717, 1.165) is 5.56 Å². The molecule has 0 unspecified atom stereocenters. The van der Waals surface area contributed by atoms with E-state index in [1.807, 2.05) is 12.1 Å². The van der Waals surface area contributed by atoms with Gasteiger partial charge in [0.2, 0.25) is 0 Å². The summed E-state index contributed by atoms with van der Waals surface area (Å²) in [6.45, 7) is 0.376. The molecule has 0 aliphatic rings. The minimum atomic E-state index is -0.367. The number of halogens is 2. The predicted octanol–water partition coefficient (Wildman–Crippen LogP) is 3.96. The van der Waals surface area contributed by atoms with Gasteiger partial charge in [-0.15, -0.1) is 0 Å². The smallest absolute Gasteiger partial charge is 0.146 e. The molecule has 0 aliphatic heterocycles. The van der Waals surface area contributed by atoms with Gasteiger partial charge in [0, 0.05) is 11.6 Å². The Morgan fingerprint density at radius 1 is 1.22 bits per heavy atom. The van der Waals surface area contributed by atoms with Gasteiger partial charge in [0.05, 0.1) is 17.3 Å². The zero-order valence-electron chi connectivity index (χ0n) is 9.45. The molecule has 0 saturated carbocycles. The molecule has 0 aliphatic carbocycles. The fourth-order valence-electron chi connectivity index (χ4n) is 1.61. The molecular formula is C14H10ClFN2. The van der Waals surface area contributed by atoms with Gasteiger partial charge in [-0.25, -0.2) is 4.39 Å². The molecule has 2 rings (SSSR count). The molecule has 1 N–H and O–H groups in total. The lowest BCUT2D eigenvalue weighted by Gasteiger charge is -2.09. The lowest BCUT2D eigenvalue weighted by atomic mass is 10.1. The molecule has 0 radical (unpaired) electrons. The van der Waals surface area contributed by atoms with Gasteiger partial charge < -0.3 is 5.32 Å². The van der Waals surface area contributed by atoms with Crippen LogP contribution in [0.3, 0.4) is 0 Å². The minimum Gasteiger partial charge on any atom is -0.379 e. The second-order valence-corrected chi connectivity index (χ2v) is 4.18. The summed E-state index contributed by atoms with van der Waals surface area (Å²) in [5.41, 5.74) is 1.72. The third-order valence-electron chi connectivity index (χ3n) is 2.54. The molecule has 4 heteroatoms. The van der Waals surface area contributed by atoms with Crippen LogP contribution in [0.1, 0.15) is 11.1 Å². The van der Waals surface area contributed by atoms with E-state index in [9.17, 15) is 4.39 Å². The van der Waals surface area contributed by atoms with Crippen molar-refractivity contribution in [2.45, 2.75) is 6.54 Å². The highest BCUT2D eigenvalue weighted by molar-refractivity contribution is 6.30. The van der Waals surface area contributed by atoms with E-state index in [2.05, 4.69) is 11.4 Å². The van der Waals surface area contributed by atoms with Crippen LogP contribution in [-0.4, -0.2) is 0 Å². The number of rotatable bonds is 3. The molecule has 2 aromatic rings. The first kappa shape index (κ1) is 12.4. The van der Waals surface area contributed by atoms with Crippen molar-refractivity contribution in [2.75, 3.05) is 5.32 Å². The summed E-state index contributed by atoms with van der Waals surface area (Å²) >= 11 is 5.80. The molecule has 0 aromatic heterocycles. The number of benzene rings is 2. The van der Waals surface area contributed by atoms with E-state index >= 15 is 0 Å². The number of nitrogens with one attached hydrogen (secondary N) is 1. The highest BCUT2D eigenvalue weighted by atomic mass is 35.5. The molecule has 18 heavy (non-hydrogen) atoms. The average Bonchev–Trinajstić information content (AvgIpc) is 2.40. The van der Waals surface area contributed by atoms with E-state index in [1.54, 1.807) is 12.1 Å². The van der Waals surface area contributed by atoms with Crippen LogP contribution in [0, 0.1) is 17.1 Å². The van der Waals surface area contributed by atoms with Gasteiger partial charge in [-0.1, -0.05) is 29.8 Å². The van der Waals surface area contributed by atoms with Crippen LogP contribution < -0.4 is 5.32 Å². The van der Waals surface area contributed by atoms with Crippen molar-refractivity contribution in [2.24, 2.45) is 0 Å². The maximum atomic E-state index is 13.5. The van der Waals surface area contributed by atoms with E-state index in [0.29, 0.717) is 22.8 Å². The van der Waals surface area contributed by atoms with Crippen molar-refractivity contribution < 1.29 is 4.39 Å². The third-order valence-corrected chi connectivity index (χ3v) is 2.77. The van der Waals surface area contributed by atoms with Crippen LogP contribution in [0.4, 0.5) is 10.1 Å². The van der Waals surface area contributed by atoms with Crippen molar-refractivity contribution in [3.8, 4) is 6.07 Å². The van der Waals surface area contributed by atoms with Crippen LogP contribution in [0.2, 0.25) is 5.02 Å². The van der Waals surface area contributed by atoms with Crippen molar-refractivity contribution in [1.82, 2.24) is 0 Å². The number of hydrogen-bond acceptors (Lipinski definition) is 2. The van der Waals surface area contributed by atoms with Crippen LogP contribution in [-0.2, 0) is 6.54 Å². The Kier molecular flexibility index (Phi) is 3.81. The number of nitriles is 1. The van der Waals surface area contributed by atoms with Gasteiger partial charge in [-0.3, -0.25) is 0 Å². The van der Waals surface area contributed by atoms with Gasteiger partial charge in [0.1, 0.15) is 5.82 Å². The predicted molar refractivity (Wildman–Crippen MR) is 69.9 cm³/mol. The molecule has 0 amide bonds. The second-order valence-electron chi connectivity index (χ2n) is 3.75. The number of hydrogen-bond donors (Lipinski definition) is 1. The van der Waals surface area contributed by atoms with Gasteiger partial charge in [-0.05, 0) is 29.8 Å². The normalized spacial score (nSPS) is 9.83. The lowest BCUT2D eigenvalue weighted by molar-refractivity contribution is 0.630. The van der Waals surface area contributed by atoms with Gasteiger partial charge >= 0.3 is 0 Å². The summed E-state index contributed by atoms with van der Waals surface area (Å²) in [5, 5.41) is 12.3. The molecule has 90 valence electrons. The second kappa shape index (κ2) is 5.52. The Bertz CT molecular complexity index is 605. The summed E-state index contributed by atoms with van der Waals surface area (Å²) in [6.07, 6.45) is 0. The zero-order chi connectivity index (χ0) is 13.0. The molecule has 0 heterocycles. The van der Waals surface area contributed by atoms with Crippen LogP contribution >= 0.6 is 11.6 Å².